The fourth-order valence-corrected chi connectivity index (χ4v) is 0.456. The molecule has 1 N–H and O–H groups in total. The van der Waals surface area contributed by atoms with E-state index < -0.39 is 0 Å². The fourth-order valence-electron chi connectivity index (χ4n) is 0.456. The molecule has 8 heavy (non-hydrogen) atoms. The van der Waals surface area contributed by atoms with E-state index in [2.05, 4.69) is 14.8 Å². The zero-order chi connectivity index (χ0) is 5.98. The maximum atomic E-state index is 6.49. The summed E-state index contributed by atoms with van der Waals surface area (Å²) in [6.07, 6.45) is 1.63. The van der Waals surface area contributed by atoms with E-state index in [0.717, 1.165) is 5.69 Å². The van der Waals surface area contributed by atoms with E-state index >= 15 is 0 Å². The molecule has 0 aliphatic rings. The van der Waals surface area contributed by atoms with Gasteiger partial charge in [-0.1, -0.05) is 0 Å². The molecule has 0 saturated carbocycles. The number of hydrogen-bond acceptors (Lipinski definition) is 1. The number of aromatic amines is 1. The van der Waals surface area contributed by atoms with E-state index in [1.54, 1.807) is 6.20 Å². The molecule has 0 atom stereocenters. The van der Waals surface area contributed by atoms with Gasteiger partial charge in [-0.3, -0.25) is 0 Å². The number of H-pyrrole nitrogens is 1. The van der Waals surface area contributed by atoms with Crippen molar-refractivity contribution in [3.8, 4) is 0 Å². The minimum atomic E-state index is 0.363. The van der Waals surface area contributed by atoms with Crippen molar-refractivity contribution in [2.45, 2.75) is 6.92 Å². The van der Waals surface area contributed by atoms with Gasteiger partial charge in [0.1, 0.15) is 6.20 Å². The van der Waals surface area contributed by atoms with Crippen LogP contribution in [0.4, 0.5) is 5.95 Å². The Hall–Kier alpha value is -1.30. The number of nitrogens with one attached hydrogen (secondary N) is 1. The summed E-state index contributed by atoms with van der Waals surface area (Å²) in [5.74, 6) is 0.363. The average Bonchev–Trinajstić information content (AvgIpc) is 2.14. The minimum absolute atomic E-state index is 0.363. The van der Waals surface area contributed by atoms with E-state index in [9.17, 15) is 0 Å². The van der Waals surface area contributed by atoms with Crippen LogP contribution in [0.3, 0.4) is 0 Å². The molecule has 0 radical (unpaired) electrons. The van der Waals surface area contributed by atoms with Crippen LogP contribution < -0.4 is 0 Å². The lowest BCUT2D eigenvalue weighted by Gasteiger charge is -1.73. The minimum Gasteiger partial charge on any atom is -0.397 e. The first kappa shape index (κ1) is 4.85. The van der Waals surface area contributed by atoms with Crippen molar-refractivity contribution in [3.05, 3.63) is 23.3 Å². The molecule has 0 bridgehead atoms. The molecule has 0 amide bonds. The van der Waals surface area contributed by atoms with Gasteiger partial charge in [0.25, 0.3) is 0 Å². The molecule has 0 unspecified atom stereocenters. The molecule has 1 heterocycles. The summed E-state index contributed by atoms with van der Waals surface area (Å²) in [7, 11) is 0. The zero-order valence-corrected chi connectivity index (χ0v) is 4.47. The highest BCUT2D eigenvalue weighted by atomic mass is 15.0. The summed E-state index contributed by atoms with van der Waals surface area (Å²) in [5.41, 5.74) is 0.927. The molecule has 1 aromatic rings. The predicted molar refractivity (Wildman–Crippen MR) is 29.6 cm³/mol. The monoisotopic (exact) mass is 107 g/mol. The van der Waals surface area contributed by atoms with E-state index in [0.29, 0.717) is 5.95 Å². The first-order valence-electron chi connectivity index (χ1n) is 2.22. The number of aryl methyl sites for hydroxylation is 1. The van der Waals surface area contributed by atoms with Gasteiger partial charge in [0.05, 0.1) is 5.69 Å². The molecule has 0 spiro atoms. The molecule has 40 valence electrons. The van der Waals surface area contributed by atoms with Gasteiger partial charge in [-0.25, -0.2) is 0 Å². The lowest BCUT2D eigenvalue weighted by atomic mass is 10.6. The third-order valence-corrected chi connectivity index (χ3v) is 0.795. The van der Waals surface area contributed by atoms with Crippen LogP contribution in [0.15, 0.2) is 6.20 Å². The summed E-state index contributed by atoms with van der Waals surface area (Å²) >= 11 is 0. The number of hydrogen-bond donors (Lipinski definition) is 1. The van der Waals surface area contributed by atoms with Crippen LogP contribution in [-0.4, -0.2) is 9.97 Å². The maximum Gasteiger partial charge on any atom is 0.336 e. The molecule has 0 saturated heterocycles. The highest BCUT2D eigenvalue weighted by Gasteiger charge is 1.92. The van der Waals surface area contributed by atoms with E-state index in [4.69, 9.17) is 6.57 Å². The number of nitrogens with zero attached hydrogens (tertiary/aromatic N) is 2. The first-order chi connectivity index (χ1) is 3.83. The van der Waals surface area contributed by atoms with Crippen molar-refractivity contribution in [2.24, 2.45) is 0 Å². The van der Waals surface area contributed by atoms with Crippen molar-refractivity contribution < 1.29 is 0 Å². The Balaban J connectivity index is 3.05. The molecular weight excluding hydrogens is 102 g/mol. The second kappa shape index (κ2) is 1.66. The smallest absolute Gasteiger partial charge is 0.336 e. The highest BCUT2D eigenvalue weighted by Crippen LogP contribution is 2.02. The van der Waals surface area contributed by atoms with Gasteiger partial charge >= 0.3 is 5.95 Å². The topological polar surface area (TPSA) is 33.0 Å². The van der Waals surface area contributed by atoms with Crippen LogP contribution in [0.5, 0.6) is 0 Å². The van der Waals surface area contributed by atoms with Gasteiger partial charge in [0, 0.05) is 0 Å². The Kier molecular flexibility index (Phi) is 1.01. The Morgan fingerprint density at radius 1 is 1.88 bits per heavy atom. The van der Waals surface area contributed by atoms with Crippen LogP contribution in [-0.2, 0) is 0 Å². The zero-order valence-electron chi connectivity index (χ0n) is 4.47. The molecule has 0 aromatic carbocycles. The van der Waals surface area contributed by atoms with E-state index in [-0.39, 0.29) is 0 Å². The van der Waals surface area contributed by atoms with Crippen LogP contribution >= 0.6 is 0 Å². The van der Waals surface area contributed by atoms with Gasteiger partial charge in [0.15, 0.2) is 0 Å². The average molecular weight is 107 g/mol. The standard InChI is InChI=1S/C5H5N3/c1-4-3-7-5(6-2)8-4/h3H,1H3,(H,7,8). The number of rotatable bonds is 0. The van der Waals surface area contributed by atoms with Crippen molar-refractivity contribution in [1.29, 1.82) is 0 Å². The summed E-state index contributed by atoms with van der Waals surface area (Å²) in [6.45, 7) is 8.35. The summed E-state index contributed by atoms with van der Waals surface area (Å²) in [5, 5.41) is 0. The van der Waals surface area contributed by atoms with Crippen molar-refractivity contribution >= 4 is 5.95 Å². The highest BCUT2D eigenvalue weighted by molar-refractivity contribution is 5.25. The predicted octanol–water partition coefficient (Wildman–Crippen LogP) is 1.27. The molecular formula is C5H5N3. The third-order valence-electron chi connectivity index (χ3n) is 0.795. The second-order valence-corrected chi connectivity index (χ2v) is 1.50. The Morgan fingerprint density at radius 2 is 2.62 bits per heavy atom. The van der Waals surface area contributed by atoms with Gasteiger partial charge in [-0.05, 0) is 6.92 Å². The van der Waals surface area contributed by atoms with Crippen LogP contribution in [0.25, 0.3) is 4.85 Å². The van der Waals surface area contributed by atoms with Crippen molar-refractivity contribution in [2.75, 3.05) is 0 Å². The van der Waals surface area contributed by atoms with Crippen LogP contribution in [0.1, 0.15) is 5.69 Å². The quantitative estimate of drug-likeness (QED) is 0.497. The fraction of sp³-hybridized carbons (Fsp3) is 0.200. The van der Waals surface area contributed by atoms with E-state index in [1.807, 2.05) is 6.92 Å². The molecule has 3 nitrogen and oxygen atoms in total. The third kappa shape index (κ3) is 0.684. The largest absolute Gasteiger partial charge is 0.397 e. The molecule has 1 aromatic heterocycles. The van der Waals surface area contributed by atoms with E-state index in [1.165, 1.54) is 0 Å². The SMILES string of the molecule is [C-]#[N+]c1ncc(C)[nH]1. The van der Waals surface area contributed by atoms with Gasteiger partial charge in [-0.2, -0.15) is 4.98 Å². The molecule has 3 heteroatoms. The Bertz CT molecular complexity index is 218. The summed E-state index contributed by atoms with van der Waals surface area (Å²) < 4.78 is 0. The second-order valence-electron chi connectivity index (χ2n) is 1.50. The molecule has 0 aliphatic carbocycles. The van der Waals surface area contributed by atoms with Crippen molar-refractivity contribution in [1.82, 2.24) is 9.97 Å². The number of imidazole rings is 1. The summed E-state index contributed by atoms with van der Waals surface area (Å²) in [4.78, 5) is 9.56. The Labute approximate surface area is 47.2 Å². The summed E-state index contributed by atoms with van der Waals surface area (Å²) in [6, 6.07) is 0. The van der Waals surface area contributed by atoms with Gasteiger partial charge < -0.3 is 9.83 Å². The molecule has 1 rings (SSSR count). The molecule has 0 fully saturated rings. The lowest BCUT2D eigenvalue weighted by Crippen LogP contribution is -1.62. The molecule has 0 aliphatic heterocycles. The van der Waals surface area contributed by atoms with Crippen molar-refractivity contribution in [3.63, 3.8) is 0 Å². The first-order valence-corrected chi connectivity index (χ1v) is 2.22. The van der Waals surface area contributed by atoms with Crippen LogP contribution in [0, 0.1) is 13.5 Å². The lowest BCUT2D eigenvalue weighted by molar-refractivity contribution is 1.28. The maximum absolute atomic E-state index is 6.49. The normalized spacial score (nSPS) is 8.50. The Morgan fingerprint density at radius 3 is 2.88 bits per heavy atom. The van der Waals surface area contributed by atoms with Crippen LogP contribution in [0.2, 0.25) is 0 Å². The van der Waals surface area contributed by atoms with Gasteiger partial charge in [0.2, 0.25) is 0 Å². The van der Waals surface area contributed by atoms with Gasteiger partial charge in [-0.15, -0.1) is 6.57 Å². The number of aromatic nitrogens is 2.